The average molecular weight is 559 g/mol. The molecule has 2 aliphatic rings. The van der Waals surface area contributed by atoms with Gasteiger partial charge in [-0.25, -0.2) is 9.59 Å². The van der Waals surface area contributed by atoms with Gasteiger partial charge in [0, 0.05) is 51.0 Å². The summed E-state index contributed by atoms with van der Waals surface area (Å²) in [5.74, 6) is -0.845. The lowest BCUT2D eigenvalue weighted by atomic mass is 9.91. The number of urea groups is 1. The Morgan fingerprint density at radius 2 is 1.73 bits per heavy atom. The van der Waals surface area contributed by atoms with Crippen LogP contribution in [0.2, 0.25) is 0 Å². The van der Waals surface area contributed by atoms with E-state index in [2.05, 4.69) is 10.2 Å². The van der Waals surface area contributed by atoms with Crippen LogP contribution in [0.4, 0.5) is 18.0 Å². The highest BCUT2D eigenvalue weighted by Gasteiger charge is 2.38. The van der Waals surface area contributed by atoms with Gasteiger partial charge in [0.1, 0.15) is 0 Å². The number of amides is 3. The number of rotatable bonds is 6. The standard InChI is InChI=1S/C29H33F3N4O4/c1-4-40-27(38)24-23(34(3)28(39)33-25(24)22-9-6-5-8-19(22)2)18-35-14-7-15-36(17-16-35)26(37)20-10-12-21(13-11-20)29(30,31)32/h5-6,8-13,25H,4,7,14-18H2,1-3H3,(H,33,39). The van der Waals surface area contributed by atoms with Crippen LogP contribution in [-0.2, 0) is 15.7 Å². The van der Waals surface area contributed by atoms with Crippen molar-refractivity contribution in [3.05, 3.63) is 82.1 Å². The number of nitrogens with zero attached hydrogens (tertiary/aromatic N) is 3. The van der Waals surface area contributed by atoms with E-state index in [0.717, 1.165) is 23.3 Å². The van der Waals surface area contributed by atoms with Gasteiger partial charge in [-0.2, -0.15) is 13.2 Å². The van der Waals surface area contributed by atoms with E-state index in [4.69, 9.17) is 4.74 Å². The van der Waals surface area contributed by atoms with E-state index >= 15 is 0 Å². The molecule has 214 valence electrons. The van der Waals surface area contributed by atoms with Crippen LogP contribution in [0, 0.1) is 6.92 Å². The molecule has 1 unspecified atom stereocenters. The van der Waals surface area contributed by atoms with E-state index in [9.17, 15) is 27.6 Å². The SMILES string of the molecule is CCOC(=O)C1=C(CN2CCCN(C(=O)c3ccc(C(F)(F)F)cc3)CC2)N(C)C(=O)NC1c1ccccc1C. The molecule has 0 saturated carbocycles. The normalized spacial score (nSPS) is 18.9. The zero-order valence-electron chi connectivity index (χ0n) is 22.8. The fourth-order valence-electron chi connectivity index (χ4n) is 5.07. The van der Waals surface area contributed by atoms with Crippen LogP contribution in [0.5, 0.6) is 0 Å². The molecule has 0 aromatic heterocycles. The van der Waals surface area contributed by atoms with Crippen molar-refractivity contribution in [2.24, 2.45) is 0 Å². The van der Waals surface area contributed by atoms with E-state index in [-0.39, 0.29) is 30.7 Å². The lowest BCUT2D eigenvalue weighted by Gasteiger charge is -2.37. The Bertz CT molecular complexity index is 1290. The van der Waals surface area contributed by atoms with Crippen LogP contribution in [0.25, 0.3) is 0 Å². The van der Waals surface area contributed by atoms with Crippen LogP contribution in [0.15, 0.2) is 59.8 Å². The third-order valence-electron chi connectivity index (χ3n) is 7.28. The van der Waals surface area contributed by atoms with Gasteiger partial charge >= 0.3 is 18.2 Å². The highest BCUT2D eigenvalue weighted by molar-refractivity contribution is 5.95. The van der Waals surface area contributed by atoms with Crippen molar-refractivity contribution < 1.29 is 32.3 Å². The monoisotopic (exact) mass is 558 g/mol. The van der Waals surface area contributed by atoms with Crippen molar-refractivity contribution >= 4 is 17.9 Å². The van der Waals surface area contributed by atoms with E-state index in [1.54, 1.807) is 18.9 Å². The molecular weight excluding hydrogens is 525 g/mol. The Balaban J connectivity index is 1.56. The summed E-state index contributed by atoms with van der Waals surface area (Å²) in [7, 11) is 1.61. The maximum absolute atomic E-state index is 13.2. The van der Waals surface area contributed by atoms with E-state index < -0.39 is 23.8 Å². The summed E-state index contributed by atoms with van der Waals surface area (Å²) in [5, 5.41) is 2.93. The van der Waals surface area contributed by atoms with Gasteiger partial charge in [0.15, 0.2) is 0 Å². The van der Waals surface area contributed by atoms with Crippen molar-refractivity contribution in [3.8, 4) is 0 Å². The number of alkyl halides is 3. The number of benzene rings is 2. The highest BCUT2D eigenvalue weighted by Crippen LogP contribution is 2.33. The fraction of sp³-hybridized carbons (Fsp3) is 0.414. The number of nitrogens with one attached hydrogen (secondary N) is 1. The molecule has 1 atom stereocenters. The number of likely N-dealkylation sites (N-methyl/N-ethyl adjacent to an activating group) is 1. The largest absolute Gasteiger partial charge is 0.463 e. The highest BCUT2D eigenvalue weighted by atomic mass is 19.4. The third-order valence-corrected chi connectivity index (χ3v) is 7.28. The number of aryl methyl sites for hydroxylation is 1. The quantitative estimate of drug-likeness (QED) is 0.533. The molecule has 8 nitrogen and oxygen atoms in total. The van der Waals surface area contributed by atoms with E-state index in [1.165, 1.54) is 17.0 Å². The number of carbonyl (C=O) groups is 3. The zero-order valence-corrected chi connectivity index (χ0v) is 22.8. The van der Waals surface area contributed by atoms with Crippen LogP contribution in [-0.4, -0.2) is 79.0 Å². The van der Waals surface area contributed by atoms with Gasteiger partial charge in [0.25, 0.3) is 5.91 Å². The summed E-state index contributed by atoms with van der Waals surface area (Å²) in [6.07, 6.45) is -3.85. The predicted octanol–water partition coefficient (Wildman–Crippen LogP) is 4.38. The summed E-state index contributed by atoms with van der Waals surface area (Å²) in [6.45, 7) is 5.93. The van der Waals surface area contributed by atoms with Gasteiger partial charge < -0.3 is 15.0 Å². The molecule has 1 saturated heterocycles. The zero-order chi connectivity index (χ0) is 29.0. The van der Waals surface area contributed by atoms with E-state index in [1.807, 2.05) is 31.2 Å². The summed E-state index contributed by atoms with van der Waals surface area (Å²) in [5.41, 5.74) is 2.00. The van der Waals surface area contributed by atoms with Gasteiger partial charge in [-0.05, 0) is 55.7 Å². The molecule has 11 heteroatoms. The number of esters is 1. The Morgan fingerprint density at radius 3 is 2.38 bits per heavy atom. The molecule has 0 aliphatic carbocycles. The summed E-state index contributed by atoms with van der Waals surface area (Å²) < 4.78 is 44.2. The number of ether oxygens (including phenoxy) is 1. The molecule has 2 aromatic rings. The van der Waals surface area contributed by atoms with Crippen molar-refractivity contribution in [3.63, 3.8) is 0 Å². The molecule has 1 fully saturated rings. The first kappa shape index (κ1) is 29.1. The van der Waals surface area contributed by atoms with Gasteiger partial charge in [0.05, 0.1) is 23.8 Å². The first-order valence-corrected chi connectivity index (χ1v) is 13.2. The summed E-state index contributed by atoms with van der Waals surface area (Å²) >= 11 is 0. The minimum atomic E-state index is -4.47. The first-order chi connectivity index (χ1) is 19.0. The molecule has 0 radical (unpaired) electrons. The third kappa shape index (κ3) is 6.30. The van der Waals surface area contributed by atoms with Crippen LogP contribution in [0.3, 0.4) is 0 Å². The fourth-order valence-corrected chi connectivity index (χ4v) is 5.07. The Labute approximate surface area is 231 Å². The van der Waals surface area contributed by atoms with Gasteiger partial charge in [-0.1, -0.05) is 24.3 Å². The van der Waals surface area contributed by atoms with Crippen LogP contribution >= 0.6 is 0 Å². The second-order valence-electron chi connectivity index (χ2n) is 9.88. The molecule has 0 bridgehead atoms. The van der Waals surface area contributed by atoms with Crippen molar-refractivity contribution in [2.45, 2.75) is 32.5 Å². The average Bonchev–Trinajstić information content (AvgIpc) is 3.16. The number of halogens is 3. The lowest BCUT2D eigenvalue weighted by Crippen LogP contribution is -2.49. The molecule has 1 N–H and O–H groups in total. The molecule has 0 spiro atoms. The topological polar surface area (TPSA) is 82.2 Å². The smallest absolute Gasteiger partial charge is 0.416 e. The molecule has 2 aliphatic heterocycles. The number of hydrogen-bond donors (Lipinski definition) is 1. The molecule has 2 aromatic carbocycles. The Morgan fingerprint density at radius 1 is 1.02 bits per heavy atom. The molecule has 4 rings (SSSR count). The maximum Gasteiger partial charge on any atom is 0.416 e. The van der Waals surface area contributed by atoms with Gasteiger partial charge in [0.2, 0.25) is 0 Å². The molecular formula is C29H33F3N4O4. The van der Waals surface area contributed by atoms with Gasteiger partial charge in [-0.15, -0.1) is 0 Å². The molecule has 2 heterocycles. The van der Waals surface area contributed by atoms with Gasteiger partial charge in [-0.3, -0.25) is 14.6 Å². The second kappa shape index (κ2) is 12.1. The maximum atomic E-state index is 13.2. The molecule has 40 heavy (non-hydrogen) atoms. The van der Waals surface area contributed by atoms with Crippen molar-refractivity contribution in [2.75, 3.05) is 46.4 Å². The number of hydrogen-bond acceptors (Lipinski definition) is 5. The second-order valence-corrected chi connectivity index (χ2v) is 9.88. The van der Waals surface area contributed by atoms with Crippen LogP contribution in [0.1, 0.15) is 46.4 Å². The molecule has 3 amide bonds. The van der Waals surface area contributed by atoms with Crippen molar-refractivity contribution in [1.82, 2.24) is 20.0 Å². The van der Waals surface area contributed by atoms with E-state index in [0.29, 0.717) is 43.9 Å². The summed E-state index contributed by atoms with van der Waals surface area (Å²) in [4.78, 5) is 44.4. The Kier molecular flexibility index (Phi) is 8.82. The minimum absolute atomic E-state index is 0.179. The first-order valence-electron chi connectivity index (χ1n) is 13.2. The predicted molar refractivity (Wildman–Crippen MR) is 142 cm³/mol. The number of carbonyl (C=O) groups excluding carboxylic acids is 3. The minimum Gasteiger partial charge on any atom is -0.463 e. The van der Waals surface area contributed by atoms with Crippen LogP contribution < -0.4 is 5.32 Å². The van der Waals surface area contributed by atoms with Crippen molar-refractivity contribution in [1.29, 1.82) is 0 Å². The summed E-state index contributed by atoms with van der Waals surface area (Å²) in [6, 6.07) is 10.7. The lowest BCUT2D eigenvalue weighted by molar-refractivity contribution is -0.139. The Hall–Kier alpha value is -3.86.